The number of hydrogen-bond acceptors (Lipinski definition) is 3. The van der Waals surface area contributed by atoms with Gasteiger partial charge in [-0.05, 0) is 19.9 Å². The van der Waals surface area contributed by atoms with E-state index >= 15 is 0 Å². The maximum absolute atomic E-state index is 10.2. The van der Waals surface area contributed by atoms with Crippen molar-refractivity contribution in [3.63, 3.8) is 0 Å². The predicted molar refractivity (Wildman–Crippen MR) is 62.5 cm³/mol. The molecule has 1 N–H and O–H groups in total. The Bertz CT molecular complexity index is 172. The second-order valence-electron chi connectivity index (χ2n) is 4.47. The largest absolute Gasteiger partial charge is 0.389 e. The SMILES string of the molecule is CN(CCOCCCl)CC1(O)CCCC1. The number of rotatable bonds is 7. The number of ether oxygens (including phenoxy) is 1. The van der Waals surface area contributed by atoms with Crippen molar-refractivity contribution in [1.82, 2.24) is 4.90 Å². The van der Waals surface area contributed by atoms with Crippen LogP contribution in [0.2, 0.25) is 0 Å². The van der Waals surface area contributed by atoms with Crippen molar-refractivity contribution in [3.8, 4) is 0 Å². The standard InChI is InChI=1S/C11H22ClNO2/c1-13(7-9-15-8-6-12)10-11(14)4-2-3-5-11/h14H,2-10H2,1H3. The third-order valence-electron chi connectivity index (χ3n) is 2.94. The molecule has 15 heavy (non-hydrogen) atoms. The molecule has 4 heteroatoms. The van der Waals surface area contributed by atoms with E-state index in [0.717, 1.165) is 38.8 Å². The van der Waals surface area contributed by atoms with E-state index in [1.165, 1.54) is 0 Å². The number of hydrogen-bond donors (Lipinski definition) is 1. The molecular formula is C11H22ClNO2. The Balaban J connectivity index is 2.09. The van der Waals surface area contributed by atoms with Crippen LogP contribution in [0.1, 0.15) is 25.7 Å². The van der Waals surface area contributed by atoms with Gasteiger partial charge >= 0.3 is 0 Å². The van der Waals surface area contributed by atoms with Crippen molar-refractivity contribution in [1.29, 1.82) is 0 Å². The van der Waals surface area contributed by atoms with Gasteiger partial charge in [0.05, 0.1) is 18.8 Å². The zero-order valence-electron chi connectivity index (χ0n) is 9.54. The average Bonchev–Trinajstić information content (AvgIpc) is 2.59. The second-order valence-corrected chi connectivity index (χ2v) is 4.85. The number of aliphatic hydroxyl groups is 1. The van der Waals surface area contributed by atoms with Gasteiger partial charge in [-0.2, -0.15) is 0 Å². The molecule has 0 aromatic heterocycles. The summed E-state index contributed by atoms with van der Waals surface area (Å²) in [5.74, 6) is 0.549. The molecule has 0 saturated heterocycles. The van der Waals surface area contributed by atoms with Crippen LogP contribution in [-0.2, 0) is 4.74 Å². The van der Waals surface area contributed by atoms with Gasteiger partial charge < -0.3 is 14.7 Å². The fourth-order valence-corrected chi connectivity index (χ4v) is 2.26. The monoisotopic (exact) mass is 235 g/mol. The van der Waals surface area contributed by atoms with Gasteiger partial charge in [0.2, 0.25) is 0 Å². The molecule has 0 bridgehead atoms. The molecule has 0 spiro atoms. The summed E-state index contributed by atoms with van der Waals surface area (Å²) in [5, 5.41) is 10.2. The summed E-state index contributed by atoms with van der Waals surface area (Å²) in [6.07, 6.45) is 4.21. The van der Waals surface area contributed by atoms with Gasteiger partial charge in [0.15, 0.2) is 0 Å². The van der Waals surface area contributed by atoms with Crippen LogP contribution in [0.15, 0.2) is 0 Å². The fraction of sp³-hybridized carbons (Fsp3) is 1.00. The summed E-state index contributed by atoms with van der Waals surface area (Å²) in [6, 6.07) is 0. The highest BCUT2D eigenvalue weighted by Gasteiger charge is 2.31. The Labute approximate surface area is 97.4 Å². The molecule has 3 nitrogen and oxygen atoms in total. The predicted octanol–water partition coefficient (Wildman–Crippen LogP) is 1.48. The Hall–Kier alpha value is 0.170. The van der Waals surface area contributed by atoms with Crippen molar-refractivity contribution in [2.45, 2.75) is 31.3 Å². The third kappa shape index (κ3) is 5.16. The quantitative estimate of drug-likeness (QED) is 0.536. The van der Waals surface area contributed by atoms with Crippen LogP contribution in [0, 0.1) is 0 Å². The van der Waals surface area contributed by atoms with Crippen LogP contribution in [-0.4, -0.2) is 54.8 Å². The van der Waals surface area contributed by atoms with Gasteiger partial charge in [-0.1, -0.05) is 12.8 Å². The highest BCUT2D eigenvalue weighted by Crippen LogP contribution is 2.29. The van der Waals surface area contributed by atoms with Gasteiger partial charge in [0.1, 0.15) is 0 Å². The van der Waals surface area contributed by atoms with Crippen molar-refractivity contribution >= 4 is 11.6 Å². The van der Waals surface area contributed by atoms with Gasteiger partial charge in [0.25, 0.3) is 0 Å². The molecule has 0 atom stereocenters. The summed E-state index contributed by atoms with van der Waals surface area (Å²) in [5.41, 5.74) is -0.443. The molecule has 0 aromatic rings. The fourth-order valence-electron chi connectivity index (χ4n) is 2.15. The third-order valence-corrected chi connectivity index (χ3v) is 3.09. The Morgan fingerprint density at radius 2 is 2.00 bits per heavy atom. The van der Waals surface area contributed by atoms with E-state index in [-0.39, 0.29) is 0 Å². The molecule has 0 aliphatic heterocycles. The molecule has 1 aliphatic carbocycles. The van der Waals surface area contributed by atoms with Crippen LogP contribution in [0.5, 0.6) is 0 Å². The number of halogens is 1. The zero-order valence-corrected chi connectivity index (χ0v) is 10.3. The minimum absolute atomic E-state index is 0.443. The van der Waals surface area contributed by atoms with Crippen LogP contribution >= 0.6 is 11.6 Å². The summed E-state index contributed by atoms with van der Waals surface area (Å²) >= 11 is 5.50. The lowest BCUT2D eigenvalue weighted by atomic mass is 10.0. The first kappa shape index (κ1) is 13.2. The first-order valence-corrected chi connectivity index (χ1v) is 6.24. The van der Waals surface area contributed by atoms with E-state index < -0.39 is 5.60 Å². The molecule has 1 aliphatic rings. The summed E-state index contributed by atoms with van der Waals surface area (Å²) in [4.78, 5) is 2.14. The summed E-state index contributed by atoms with van der Waals surface area (Å²) < 4.78 is 5.30. The maximum Gasteiger partial charge on any atom is 0.0774 e. The van der Waals surface area contributed by atoms with Crippen molar-refractivity contribution in [2.75, 3.05) is 39.2 Å². The smallest absolute Gasteiger partial charge is 0.0774 e. The Kier molecular flexibility index (Phi) is 5.90. The van der Waals surface area contributed by atoms with E-state index in [1.54, 1.807) is 0 Å². The minimum atomic E-state index is -0.443. The number of nitrogens with zero attached hydrogens (tertiary/aromatic N) is 1. The summed E-state index contributed by atoms with van der Waals surface area (Å²) in [7, 11) is 2.03. The minimum Gasteiger partial charge on any atom is -0.389 e. The first-order chi connectivity index (χ1) is 7.16. The van der Waals surface area contributed by atoms with E-state index in [1.807, 2.05) is 7.05 Å². The maximum atomic E-state index is 10.2. The van der Waals surface area contributed by atoms with Gasteiger partial charge in [0, 0.05) is 19.0 Å². The average molecular weight is 236 g/mol. The first-order valence-electron chi connectivity index (χ1n) is 5.71. The van der Waals surface area contributed by atoms with Crippen molar-refractivity contribution < 1.29 is 9.84 Å². The van der Waals surface area contributed by atoms with Crippen LogP contribution in [0.3, 0.4) is 0 Å². The normalized spacial score (nSPS) is 20.0. The topological polar surface area (TPSA) is 32.7 Å². The Morgan fingerprint density at radius 3 is 2.60 bits per heavy atom. The van der Waals surface area contributed by atoms with Gasteiger partial charge in [-0.15, -0.1) is 11.6 Å². The molecule has 90 valence electrons. The van der Waals surface area contributed by atoms with Crippen LogP contribution in [0.25, 0.3) is 0 Å². The van der Waals surface area contributed by atoms with E-state index in [0.29, 0.717) is 19.1 Å². The van der Waals surface area contributed by atoms with Gasteiger partial charge in [-0.25, -0.2) is 0 Å². The highest BCUT2D eigenvalue weighted by molar-refractivity contribution is 6.17. The molecule has 0 heterocycles. The molecule has 1 rings (SSSR count). The highest BCUT2D eigenvalue weighted by atomic mass is 35.5. The lowest BCUT2D eigenvalue weighted by Crippen LogP contribution is -2.40. The van der Waals surface area contributed by atoms with Crippen molar-refractivity contribution in [2.24, 2.45) is 0 Å². The molecule has 0 amide bonds. The van der Waals surface area contributed by atoms with Gasteiger partial charge in [-0.3, -0.25) is 0 Å². The lowest BCUT2D eigenvalue weighted by molar-refractivity contribution is 0.00918. The molecule has 1 saturated carbocycles. The lowest BCUT2D eigenvalue weighted by Gasteiger charge is -2.28. The van der Waals surface area contributed by atoms with Crippen molar-refractivity contribution in [3.05, 3.63) is 0 Å². The molecule has 0 unspecified atom stereocenters. The molecule has 0 radical (unpaired) electrons. The Morgan fingerprint density at radius 1 is 1.33 bits per heavy atom. The zero-order chi connectivity index (χ0) is 11.1. The second kappa shape index (κ2) is 6.69. The van der Waals surface area contributed by atoms with Crippen LogP contribution in [0.4, 0.5) is 0 Å². The van der Waals surface area contributed by atoms with E-state index in [2.05, 4.69) is 4.90 Å². The molecule has 1 fully saturated rings. The number of likely N-dealkylation sites (N-methyl/N-ethyl adjacent to an activating group) is 1. The summed E-state index contributed by atoms with van der Waals surface area (Å²) in [6.45, 7) is 2.93. The number of alkyl halides is 1. The van der Waals surface area contributed by atoms with E-state index in [9.17, 15) is 5.11 Å². The molecular weight excluding hydrogens is 214 g/mol. The van der Waals surface area contributed by atoms with Crippen LogP contribution < -0.4 is 0 Å². The molecule has 0 aromatic carbocycles. The van der Waals surface area contributed by atoms with E-state index in [4.69, 9.17) is 16.3 Å².